The van der Waals surface area contributed by atoms with Gasteiger partial charge in [-0.15, -0.1) is 10.2 Å². The predicted octanol–water partition coefficient (Wildman–Crippen LogP) is 1.68. The van der Waals surface area contributed by atoms with Crippen LogP contribution in [0.2, 0.25) is 0 Å². The van der Waals surface area contributed by atoms with E-state index in [0.29, 0.717) is 11.6 Å². The zero-order valence-corrected chi connectivity index (χ0v) is 9.51. The Balaban J connectivity index is 2.22. The average molecular weight is 240 g/mol. The molecule has 0 amide bonds. The minimum absolute atomic E-state index is 0.435. The Morgan fingerprint density at radius 3 is 3.00 bits per heavy atom. The molecule has 2 N–H and O–H groups in total. The SMILES string of the molecule is COc1nc(Sc2nncs2)ccc1N. The van der Waals surface area contributed by atoms with Crippen molar-refractivity contribution in [3.63, 3.8) is 0 Å². The van der Waals surface area contributed by atoms with Gasteiger partial charge in [0, 0.05) is 0 Å². The van der Waals surface area contributed by atoms with Gasteiger partial charge in [-0.2, -0.15) is 0 Å². The van der Waals surface area contributed by atoms with Gasteiger partial charge in [-0.25, -0.2) is 4.98 Å². The van der Waals surface area contributed by atoms with Crippen molar-refractivity contribution in [3.05, 3.63) is 17.6 Å². The van der Waals surface area contributed by atoms with Crippen LogP contribution in [0.3, 0.4) is 0 Å². The maximum atomic E-state index is 5.65. The zero-order chi connectivity index (χ0) is 10.7. The van der Waals surface area contributed by atoms with E-state index in [0.717, 1.165) is 9.37 Å². The molecule has 0 aliphatic carbocycles. The number of nitrogen functional groups attached to an aromatic ring is 1. The van der Waals surface area contributed by atoms with Crippen LogP contribution in [0.25, 0.3) is 0 Å². The summed E-state index contributed by atoms with van der Waals surface area (Å²) < 4.78 is 5.86. The lowest BCUT2D eigenvalue weighted by Gasteiger charge is -2.04. The molecule has 2 rings (SSSR count). The maximum Gasteiger partial charge on any atom is 0.237 e. The molecule has 0 saturated carbocycles. The zero-order valence-electron chi connectivity index (χ0n) is 7.88. The van der Waals surface area contributed by atoms with Gasteiger partial charge in [-0.05, 0) is 23.9 Å². The lowest BCUT2D eigenvalue weighted by molar-refractivity contribution is 0.397. The molecular weight excluding hydrogens is 232 g/mol. The molecule has 2 aromatic heterocycles. The third-order valence-corrected chi connectivity index (χ3v) is 3.30. The molecule has 0 aliphatic rings. The first-order chi connectivity index (χ1) is 7.29. The van der Waals surface area contributed by atoms with Gasteiger partial charge in [0.25, 0.3) is 0 Å². The molecular formula is C8H8N4OS2. The van der Waals surface area contributed by atoms with Crippen molar-refractivity contribution in [3.8, 4) is 5.88 Å². The van der Waals surface area contributed by atoms with E-state index >= 15 is 0 Å². The number of aromatic nitrogens is 3. The molecule has 0 saturated heterocycles. The topological polar surface area (TPSA) is 73.9 Å². The quantitative estimate of drug-likeness (QED) is 0.879. The van der Waals surface area contributed by atoms with Crippen LogP contribution in [0.1, 0.15) is 0 Å². The van der Waals surface area contributed by atoms with Gasteiger partial charge < -0.3 is 10.5 Å². The molecule has 5 nitrogen and oxygen atoms in total. The molecule has 0 spiro atoms. The Hall–Kier alpha value is -1.34. The summed E-state index contributed by atoms with van der Waals surface area (Å²) in [5.41, 5.74) is 7.86. The molecule has 7 heteroatoms. The molecule has 15 heavy (non-hydrogen) atoms. The Morgan fingerprint density at radius 1 is 1.47 bits per heavy atom. The minimum atomic E-state index is 0.435. The molecule has 0 bridgehead atoms. The summed E-state index contributed by atoms with van der Waals surface area (Å²) in [6, 6.07) is 3.58. The van der Waals surface area contributed by atoms with E-state index in [1.165, 1.54) is 30.2 Å². The van der Waals surface area contributed by atoms with Crippen molar-refractivity contribution in [1.29, 1.82) is 0 Å². The van der Waals surface area contributed by atoms with Crippen LogP contribution < -0.4 is 10.5 Å². The normalized spacial score (nSPS) is 10.2. The van der Waals surface area contributed by atoms with E-state index in [-0.39, 0.29) is 0 Å². The number of hydrogen-bond donors (Lipinski definition) is 1. The fourth-order valence-corrected chi connectivity index (χ4v) is 2.34. The van der Waals surface area contributed by atoms with Crippen LogP contribution in [-0.4, -0.2) is 22.3 Å². The number of anilines is 1. The molecule has 0 aliphatic heterocycles. The minimum Gasteiger partial charge on any atom is -0.480 e. The van der Waals surface area contributed by atoms with Gasteiger partial charge in [0.15, 0.2) is 4.34 Å². The number of nitrogens with two attached hydrogens (primary N) is 1. The van der Waals surface area contributed by atoms with Gasteiger partial charge in [0.1, 0.15) is 10.5 Å². The second kappa shape index (κ2) is 4.45. The summed E-state index contributed by atoms with van der Waals surface area (Å²) in [7, 11) is 1.54. The summed E-state index contributed by atoms with van der Waals surface area (Å²) in [5, 5.41) is 8.44. The van der Waals surface area contributed by atoms with E-state index in [2.05, 4.69) is 15.2 Å². The smallest absolute Gasteiger partial charge is 0.237 e. The van der Waals surface area contributed by atoms with Crippen LogP contribution >= 0.6 is 23.1 Å². The number of methoxy groups -OCH3 is 1. The van der Waals surface area contributed by atoms with Crippen LogP contribution in [0.4, 0.5) is 5.69 Å². The third-order valence-electron chi connectivity index (χ3n) is 1.59. The highest BCUT2D eigenvalue weighted by molar-refractivity contribution is 8.00. The highest BCUT2D eigenvalue weighted by Gasteiger charge is 2.06. The first kappa shape index (κ1) is 10.2. The summed E-state index contributed by atoms with van der Waals surface area (Å²) >= 11 is 2.89. The van der Waals surface area contributed by atoms with Gasteiger partial charge >= 0.3 is 0 Å². The number of ether oxygens (including phenoxy) is 1. The molecule has 0 unspecified atom stereocenters. The largest absolute Gasteiger partial charge is 0.480 e. The first-order valence-corrected chi connectivity index (χ1v) is 5.73. The van der Waals surface area contributed by atoms with Gasteiger partial charge in [-0.1, -0.05) is 11.3 Å². The maximum absolute atomic E-state index is 5.65. The molecule has 0 radical (unpaired) electrons. The van der Waals surface area contributed by atoms with Crippen molar-refractivity contribution in [2.75, 3.05) is 12.8 Å². The molecule has 78 valence electrons. The van der Waals surface area contributed by atoms with Crippen molar-refractivity contribution in [2.45, 2.75) is 9.37 Å². The number of rotatable bonds is 3. The lowest BCUT2D eigenvalue weighted by atomic mass is 10.4. The molecule has 2 aromatic rings. The van der Waals surface area contributed by atoms with Gasteiger partial charge in [0.2, 0.25) is 5.88 Å². The monoisotopic (exact) mass is 240 g/mol. The second-order valence-corrected chi connectivity index (χ2v) is 4.66. The van der Waals surface area contributed by atoms with Gasteiger partial charge in [0.05, 0.1) is 12.8 Å². The van der Waals surface area contributed by atoms with E-state index in [4.69, 9.17) is 10.5 Å². The second-order valence-electron chi connectivity index (χ2n) is 2.55. The van der Waals surface area contributed by atoms with Crippen LogP contribution in [-0.2, 0) is 0 Å². The molecule has 2 heterocycles. The summed E-state index contributed by atoms with van der Waals surface area (Å²) in [4.78, 5) is 4.22. The van der Waals surface area contributed by atoms with Crippen molar-refractivity contribution in [1.82, 2.24) is 15.2 Å². The Bertz CT molecular complexity index is 446. The third kappa shape index (κ3) is 2.37. The van der Waals surface area contributed by atoms with Crippen molar-refractivity contribution >= 4 is 28.8 Å². The van der Waals surface area contributed by atoms with E-state index in [9.17, 15) is 0 Å². The van der Waals surface area contributed by atoms with E-state index in [1.54, 1.807) is 11.6 Å². The average Bonchev–Trinajstić information content (AvgIpc) is 2.73. The van der Waals surface area contributed by atoms with E-state index in [1.807, 2.05) is 6.07 Å². The highest BCUT2D eigenvalue weighted by Crippen LogP contribution is 2.30. The fraction of sp³-hybridized carbons (Fsp3) is 0.125. The van der Waals surface area contributed by atoms with Crippen LogP contribution in [0.15, 0.2) is 27.0 Å². The van der Waals surface area contributed by atoms with Gasteiger partial charge in [-0.3, -0.25) is 0 Å². The number of pyridine rings is 1. The van der Waals surface area contributed by atoms with Crippen molar-refractivity contribution < 1.29 is 4.74 Å². The van der Waals surface area contributed by atoms with Crippen LogP contribution in [0.5, 0.6) is 5.88 Å². The Morgan fingerprint density at radius 2 is 2.33 bits per heavy atom. The van der Waals surface area contributed by atoms with Crippen LogP contribution in [0, 0.1) is 0 Å². The lowest BCUT2D eigenvalue weighted by Crippen LogP contribution is -1.95. The summed E-state index contributed by atoms with van der Waals surface area (Å²) in [6.07, 6.45) is 0. The predicted molar refractivity (Wildman–Crippen MR) is 59.2 cm³/mol. The summed E-state index contributed by atoms with van der Waals surface area (Å²) in [6.45, 7) is 0. The molecule has 0 atom stereocenters. The first-order valence-electron chi connectivity index (χ1n) is 4.04. The Labute approximate surface area is 94.7 Å². The standard InChI is InChI=1S/C8H8N4OS2/c1-13-7-5(9)2-3-6(11-7)15-8-12-10-4-14-8/h2-4H,9H2,1H3. The van der Waals surface area contributed by atoms with E-state index < -0.39 is 0 Å². The fourth-order valence-electron chi connectivity index (χ4n) is 0.951. The number of hydrogen-bond acceptors (Lipinski definition) is 7. The number of nitrogens with zero attached hydrogens (tertiary/aromatic N) is 3. The Kier molecular flexibility index (Phi) is 3.02. The summed E-state index contributed by atoms with van der Waals surface area (Å²) in [5.74, 6) is 0.435. The molecule has 0 fully saturated rings. The molecule has 0 aromatic carbocycles. The highest BCUT2D eigenvalue weighted by atomic mass is 32.2. The van der Waals surface area contributed by atoms with Crippen molar-refractivity contribution in [2.24, 2.45) is 0 Å².